The Labute approximate surface area is 107 Å². The van der Waals surface area contributed by atoms with Crippen molar-refractivity contribution >= 4 is 17.1 Å². The predicted octanol–water partition coefficient (Wildman–Crippen LogP) is 3.96. The molecule has 2 aromatic rings. The first-order valence-electron chi connectivity index (χ1n) is 6.06. The fraction of sp³-hybridized carbons (Fsp3) is 0.312. The normalized spacial score (nSPS) is 11.8. The van der Waals surface area contributed by atoms with Gasteiger partial charge in [0.1, 0.15) is 5.75 Å². The summed E-state index contributed by atoms with van der Waals surface area (Å²) in [6, 6.07) is 7.93. The molecule has 2 rings (SSSR count). The van der Waals surface area contributed by atoms with Gasteiger partial charge in [-0.3, -0.25) is 4.79 Å². The second-order valence-corrected chi connectivity index (χ2v) is 5.74. The minimum absolute atomic E-state index is 0.0708. The molecule has 0 radical (unpaired) electrons. The van der Waals surface area contributed by atoms with Gasteiger partial charge in [0.2, 0.25) is 0 Å². The lowest BCUT2D eigenvalue weighted by Crippen LogP contribution is -2.10. The zero-order valence-electron chi connectivity index (χ0n) is 11.2. The topological polar surface area (TPSA) is 37.3 Å². The fourth-order valence-corrected chi connectivity index (χ4v) is 2.16. The van der Waals surface area contributed by atoms with E-state index in [0.717, 1.165) is 16.3 Å². The van der Waals surface area contributed by atoms with E-state index in [9.17, 15) is 9.90 Å². The first kappa shape index (κ1) is 12.6. The highest BCUT2D eigenvalue weighted by Crippen LogP contribution is 2.32. The quantitative estimate of drug-likeness (QED) is 0.768. The van der Waals surface area contributed by atoms with Crippen LogP contribution in [0.1, 0.15) is 42.3 Å². The molecule has 0 saturated heterocycles. The molecule has 18 heavy (non-hydrogen) atoms. The van der Waals surface area contributed by atoms with Crippen LogP contribution in [0, 0.1) is 6.92 Å². The summed E-state index contributed by atoms with van der Waals surface area (Å²) < 4.78 is 0. The standard InChI is InChI=1S/C16H18O2/c1-10-14-6-5-13(16(2,3)4)8-11(14)7-12(9-17)15(10)18/h5-9,18H,1-4H3. The number of phenolic OH excluding ortho intramolecular Hbond substituents is 1. The third kappa shape index (κ3) is 1.99. The summed E-state index contributed by atoms with van der Waals surface area (Å²) in [5.41, 5.74) is 2.40. The second-order valence-electron chi connectivity index (χ2n) is 5.74. The molecule has 0 aromatic heterocycles. The zero-order valence-corrected chi connectivity index (χ0v) is 11.2. The first-order chi connectivity index (χ1) is 8.34. The molecule has 0 saturated carbocycles. The molecule has 0 fully saturated rings. The van der Waals surface area contributed by atoms with Crippen molar-refractivity contribution in [2.45, 2.75) is 33.1 Å². The van der Waals surface area contributed by atoms with Crippen LogP contribution in [0.4, 0.5) is 0 Å². The van der Waals surface area contributed by atoms with Gasteiger partial charge >= 0.3 is 0 Å². The Morgan fingerprint density at radius 3 is 2.39 bits per heavy atom. The second kappa shape index (κ2) is 4.13. The molecule has 0 amide bonds. The summed E-state index contributed by atoms with van der Waals surface area (Å²) in [5.74, 6) is 0.0843. The van der Waals surface area contributed by atoms with E-state index in [1.165, 1.54) is 5.56 Å². The van der Waals surface area contributed by atoms with Gasteiger partial charge in [-0.1, -0.05) is 39.0 Å². The van der Waals surface area contributed by atoms with E-state index in [-0.39, 0.29) is 11.2 Å². The van der Waals surface area contributed by atoms with Gasteiger partial charge in [0.05, 0.1) is 5.56 Å². The average molecular weight is 242 g/mol. The average Bonchev–Trinajstić information content (AvgIpc) is 2.32. The third-order valence-electron chi connectivity index (χ3n) is 3.39. The first-order valence-corrected chi connectivity index (χ1v) is 6.06. The number of hydrogen-bond donors (Lipinski definition) is 1. The number of fused-ring (bicyclic) bond motifs is 1. The lowest BCUT2D eigenvalue weighted by Gasteiger charge is -2.20. The van der Waals surface area contributed by atoms with Crippen LogP contribution in [-0.2, 0) is 5.41 Å². The minimum atomic E-state index is 0.0708. The molecule has 1 N–H and O–H groups in total. The third-order valence-corrected chi connectivity index (χ3v) is 3.39. The molecule has 94 valence electrons. The van der Waals surface area contributed by atoms with E-state index >= 15 is 0 Å². The van der Waals surface area contributed by atoms with E-state index in [2.05, 4.69) is 32.9 Å². The van der Waals surface area contributed by atoms with E-state index < -0.39 is 0 Å². The maximum Gasteiger partial charge on any atom is 0.153 e. The van der Waals surface area contributed by atoms with Crippen molar-refractivity contribution in [3.05, 3.63) is 41.0 Å². The minimum Gasteiger partial charge on any atom is -0.507 e. The van der Waals surface area contributed by atoms with E-state index in [1.54, 1.807) is 6.07 Å². The molecule has 2 nitrogen and oxygen atoms in total. The Bertz CT molecular complexity index is 619. The smallest absolute Gasteiger partial charge is 0.153 e. The van der Waals surface area contributed by atoms with Crippen LogP contribution in [0.5, 0.6) is 5.75 Å². The number of hydrogen-bond acceptors (Lipinski definition) is 2. The summed E-state index contributed by atoms with van der Waals surface area (Å²) in [6.07, 6.45) is 0.700. The molecule has 0 aliphatic rings. The van der Waals surface area contributed by atoms with Gasteiger partial charge in [-0.2, -0.15) is 0 Å². The van der Waals surface area contributed by atoms with Gasteiger partial charge in [0, 0.05) is 0 Å². The van der Waals surface area contributed by atoms with Crippen LogP contribution in [-0.4, -0.2) is 11.4 Å². The number of benzene rings is 2. The Morgan fingerprint density at radius 1 is 1.17 bits per heavy atom. The molecular formula is C16H18O2. The number of carbonyl (C=O) groups excluding carboxylic acids is 1. The highest BCUT2D eigenvalue weighted by molar-refractivity contribution is 5.95. The van der Waals surface area contributed by atoms with Gasteiger partial charge < -0.3 is 5.11 Å². The number of aryl methyl sites for hydroxylation is 1. The molecule has 2 aromatic carbocycles. The Hall–Kier alpha value is -1.83. The summed E-state index contributed by atoms with van der Waals surface area (Å²) in [7, 11) is 0. The SMILES string of the molecule is Cc1c(O)c(C=O)cc2cc(C(C)(C)C)ccc12. The predicted molar refractivity (Wildman–Crippen MR) is 74.4 cm³/mol. The van der Waals surface area contributed by atoms with Crippen molar-refractivity contribution in [1.82, 2.24) is 0 Å². The van der Waals surface area contributed by atoms with Gasteiger partial charge in [0.25, 0.3) is 0 Å². The monoisotopic (exact) mass is 242 g/mol. The lowest BCUT2D eigenvalue weighted by molar-refractivity contribution is 0.112. The summed E-state index contributed by atoms with van der Waals surface area (Å²) in [4.78, 5) is 10.9. The number of aldehydes is 1. The Kier molecular flexibility index (Phi) is 2.89. The Balaban J connectivity index is 2.78. The largest absolute Gasteiger partial charge is 0.507 e. The van der Waals surface area contributed by atoms with Gasteiger partial charge in [0.15, 0.2) is 6.29 Å². The summed E-state index contributed by atoms with van der Waals surface area (Å²) in [6.45, 7) is 8.30. The highest BCUT2D eigenvalue weighted by Gasteiger charge is 2.15. The summed E-state index contributed by atoms with van der Waals surface area (Å²) >= 11 is 0. The van der Waals surface area contributed by atoms with Crippen molar-refractivity contribution in [1.29, 1.82) is 0 Å². The van der Waals surface area contributed by atoms with Crippen molar-refractivity contribution in [3.8, 4) is 5.75 Å². The number of phenols is 1. The molecule has 0 unspecified atom stereocenters. The maximum atomic E-state index is 10.9. The van der Waals surface area contributed by atoms with Crippen molar-refractivity contribution in [2.75, 3.05) is 0 Å². The molecule has 0 aliphatic heterocycles. The van der Waals surface area contributed by atoms with E-state index in [0.29, 0.717) is 11.8 Å². The van der Waals surface area contributed by atoms with Gasteiger partial charge in [-0.05, 0) is 40.3 Å². The molecule has 0 aliphatic carbocycles. The van der Waals surface area contributed by atoms with Crippen molar-refractivity contribution < 1.29 is 9.90 Å². The highest BCUT2D eigenvalue weighted by atomic mass is 16.3. The molecule has 0 heterocycles. The molecular weight excluding hydrogens is 224 g/mol. The fourth-order valence-electron chi connectivity index (χ4n) is 2.16. The lowest BCUT2D eigenvalue weighted by atomic mass is 9.85. The molecule has 2 heteroatoms. The van der Waals surface area contributed by atoms with Gasteiger partial charge in [-0.25, -0.2) is 0 Å². The van der Waals surface area contributed by atoms with Crippen LogP contribution in [0.2, 0.25) is 0 Å². The summed E-state index contributed by atoms with van der Waals surface area (Å²) in [5, 5.41) is 11.9. The van der Waals surface area contributed by atoms with Crippen LogP contribution < -0.4 is 0 Å². The van der Waals surface area contributed by atoms with Crippen LogP contribution in [0.25, 0.3) is 10.8 Å². The number of rotatable bonds is 1. The van der Waals surface area contributed by atoms with Crippen molar-refractivity contribution in [3.63, 3.8) is 0 Å². The van der Waals surface area contributed by atoms with Crippen LogP contribution in [0.15, 0.2) is 24.3 Å². The number of aromatic hydroxyl groups is 1. The molecule has 0 spiro atoms. The number of carbonyl (C=O) groups is 1. The van der Waals surface area contributed by atoms with Gasteiger partial charge in [-0.15, -0.1) is 0 Å². The van der Waals surface area contributed by atoms with Crippen LogP contribution >= 0.6 is 0 Å². The molecule has 0 bridgehead atoms. The molecule has 0 atom stereocenters. The maximum absolute atomic E-state index is 10.9. The van der Waals surface area contributed by atoms with Crippen LogP contribution in [0.3, 0.4) is 0 Å². The van der Waals surface area contributed by atoms with E-state index in [1.807, 2.05) is 13.0 Å². The van der Waals surface area contributed by atoms with Crippen molar-refractivity contribution in [2.24, 2.45) is 0 Å². The zero-order chi connectivity index (χ0) is 13.5. The van der Waals surface area contributed by atoms with E-state index in [4.69, 9.17) is 0 Å². The Morgan fingerprint density at radius 2 is 1.83 bits per heavy atom.